The highest BCUT2D eigenvalue weighted by Gasteiger charge is 2.32. The number of carboxylic acids is 1. The largest absolute Gasteiger partial charge is 0.494 e. The Balaban J connectivity index is 1.84. The summed E-state index contributed by atoms with van der Waals surface area (Å²) in [4.78, 5) is 39.7. The van der Waals surface area contributed by atoms with E-state index in [-0.39, 0.29) is 12.8 Å². The fourth-order valence-corrected chi connectivity index (χ4v) is 3.78. The first kappa shape index (κ1) is 25.5. The van der Waals surface area contributed by atoms with Crippen molar-refractivity contribution < 1.29 is 24.2 Å². The van der Waals surface area contributed by atoms with Gasteiger partial charge in [0.1, 0.15) is 17.8 Å². The molecule has 0 aromatic heterocycles. The average molecular weight is 475 g/mol. The number of likely N-dealkylation sites (N-methyl/N-ethyl adjacent to an activating group) is 1. The molecule has 2 N–H and O–H groups in total. The van der Waals surface area contributed by atoms with Crippen LogP contribution in [0, 0.1) is 0 Å². The Labute approximate surface area is 205 Å². The molecular formula is C28H30N2O5. The first-order chi connectivity index (χ1) is 16.9. The lowest BCUT2D eigenvalue weighted by atomic mass is 10.0. The van der Waals surface area contributed by atoms with E-state index in [1.54, 1.807) is 42.5 Å². The summed E-state index contributed by atoms with van der Waals surface area (Å²) in [5.41, 5.74) is 2.03. The molecule has 0 aliphatic heterocycles. The zero-order chi connectivity index (χ0) is 25.2. The average Bonchev–Trinajstić information content (AvgIpc) is 2.88. The maximum atomic E-state index is 13.5. The fraction of sp³-hybridized carbons (Fsp3) is 0.250. The van der Waals surface area contributed by atoms with Gasteiger partial charge >= 0.3 is 5.97 Å². The van der Waals surface area contributed by atoms with Crippen molar-refractivity contribution in [3.8, 4) is 5.75 Å². The van der Waals surface area contributed by atoms with Crippen LogP contribution in [-0.2, 0) is 22.4 Å². The van der Waals surface area contributed by atoms with Crippen LogP contribution in [0.4, 0.5) is 0 Å². The van der Waals surface area contributed by atoms with E-state index in [2.05, 4.69) is 5.32 Å². The van der Waals surface area contributed by atoms with Crippen LogP contribution in [0.15, 0.2) is 84.9 Å². The van der Waals surface area contributed by atoms with E-state index in [1.165, 1.54) is 11.9 Å². The minimum Gasteiger partial charge on any atom is -0.494 e. The van der Waals surface area contributed by atoms with E-state index in [0.717, 1.165) is 11.1 Å². The quantitative estimate of drug-likeness (QED) is 0.443. The lowest BCUT2D eigenvalue weighted by molar-refractivity contribution is -0.149. The summed E-state index contributed by atoms with van der Waals surface area (Å²) in [7, 11) is 1.46. The third-order valence-corrected chi connectivity index (χ3v) is 5.69. The van der Waals surface area contributed by atoms with Crippen molar-refractivity contribution in [1.82, 2.24) is 10.2 Å². The Morgan fingerprint density at radius 1 is 0.857 bits per heavy atom. The number of nitrogens with zero attached hydrogens (tertiary/aromatic N) is 1. The monoisotopic (exact) mass is 474 g/mol. The van der Waals surface area contributed by atoms with Gasteiger partial charge in [0.25, 0.3) is 5.91 Å². The lowest BCUT2D eigenvalue weighted by Crippen LogP contribution is -2.53. The Morgan fingerprint density at radius 2 is 1.43 bits per heavy atom. The molecule has 0 aliphatic carbocycles. The second-order valence-corrected chi connectivity index (χ2v) is 8.17. The topological polar surface area (TPSA) is 95.9 Å². The normalized spacial score (nSPS) is 12.3. The van der Waals surface area contributed by atoms with Crippen molar-refractivity contribution in [3.05, 3.63) is 102 Å². The van der Waals surface area contributed by atoms with Crippen LogP contribution in [0.25, 0.3) is 0 Å². The van der Waals surface area contributed by atoms with E-state index in [4.69, 9.17) is 4.74 Å². The van der Waals surface area contributed by atoms with Crippen LogP contribution in [0.3, 0.4) is 0 Å². The Hall–Kier alpha value is -4.13. The van der Waals surface area contributed by atoms with Crippen LogP contribution in [0.1, 0.15) is 28.4 Å². The molecule has 0 unspecified atom stereocenters. The molecule has 35 heavy (non-hydrogen) atoms. The summed E-state index contributed by atoms with van der Waals surface area (Å²) in [6.07, 6.45) is 0.354. The molecule has 3 aromatic rings. The van der Waals surface area contributed by atoms with Crippen LogP contribution in [0.5, 0.6) is 5.75 Å². The standard InChI is InChI=1S/C28H30N2O5/c1-3-35-23-16-14-21(15-17-23)18-24(29-26(31)22-12-8-5-9-13-22)27(32)30(2)25(28(33)34)19-20-10-6-4-7-11-20/h4-17,24-25H,3,18-19H2,1-2H3,(H,29,31)(H,33,34)/t24-,25+/m1/s1. The SMILES string of the molecule is CCOc1ccc(C[C@@H](NC(=O)c2ccccc2)C(=O)N(C)[C@@H](Cc2ccccc2)C(=O)O)cc1. The molecule has 0 spiro atoms. The zero-order valence-electron chi connectivity index (χ0n) is 19.9. The van der Waals surface area contributed by atoms with E-state index in [0.29, 0.717) is 17.9 Å². The molecule has 0 fully saturated rings. The predicted octanol–water partition coefficient (Wildman–Crippen LogP) is 3.58. The van der Waals surface area contributed by atoms with Crippen LogP contribution >= 0.6 is 0 Å². The summed E-state index contributed by atoms with van der Waals surface area (Å²) < 4.78 is 5.48. The highest BCUT2D eigenvalue weighted by Crippen LogP contribution is 2.16. The summed E-state index contributed by atoms with van der Waals surface area (Å²) in [5, 5.41) is 12.7. The number of ether oxygens (including phenoxy) is 1. The molecule has 0 heterocycles. The highest BCUT2D eigenvalue weighted by molar-refractivity contribution is 5.98. The molecule has 0 aliphatic rings. The van der Waals surface area contributed by atoms with Gasteiger partial charge in [0, 0.05) is 25.5 Å². The number of amides is 2. The second kappa shape index (κ2) is 12.4. The van der Waals surface area contributed by atoms with Gasteiger partial charge in [0.2, 0.25) is 5.91 Å². The van der Waals surface area contributed by atoms with E-state index in [1.807, 2.05) is 49.4 Å². The van der Waals surface area contributed by atoms with E-state index < -0.39 is 29.9 Å². The number of carbonyl (C=O) groups excluding carboxylic acids is 2. The zero-order valence-corrected chi connectivity index (χ0v) is 19.9. The van der Waals surface area contributed by atoms with Crippen molar-refractivity contribution in [2.45, 2.75) is 31.8 Å². The third kappa shape index (κ3) is 7.17. The molecule has 0 bridgehead atoms. The molecule has 182 valence electrons. The van der Waals surface area contributed by atoms with Crippen molar-refractivity contribution >= 4 is 17.8 Å². The van der Waals surface area contributed by atoms with Gasteiger partial charge in [0.15, 0.2) is 0 Å². The maximum absolute atomic E-state index is 13.5. The second-order valence-electron chi connectivity index (χ2n) is 8.17. The number of carbonyl (C=O) groups is 3. The molecule has 3 rings (SSSR count). The fourth-order valence-electron chi connectivity index (χ4n) is 3.78. The summed E-state index contributed by atoms with van der Waals surface area (Å²) in [6.45, 7) is 2.43. The summed E-state index contributed by atoms with van der Waals surface area (Å²) in [6, 6.07) is 23.0. The molecule has 7 nitrogen and oxygen atoms in total. The molecule has 2 amide bonds. The number of nitrogens with one attached hydrogen (secondary N) is 1. The Kier molecular flexibility index (Phi) is 9.01. The number of benzene rings is 3. The van der Waals surface area contributed by atoms with Gasteiger partial charge in [-0.25, -0.2) is 4.79 Å². The minimum atomic E-state index is -1.11. The smallest absolute Gasteiger partial charge is 0.326 e. The third-order valence-electron chi connectivity index (χ3n) is 5.69. The molecular weight excluding hydrogens is 444 g/mol. The number of hydrogen-bond acceptors (Lipinski definition) is 4. The predicted molar refractivity (Wildman–Crippen MR) is 133 cm³/mol. The summed E-state index contributed by atoms with van der Waals surface area (Å²) in [5.74, 6) is -1.29. The van der Waals surface area contributed by atoms with Crippen molar-refractivity contribution in [1.29, 1.82) is 0 Å². The highest BCUT2D eigenvalue weighted by atomic mass is 16.5. The number of carboxylic acid groups (broad SMARTS) is 1. The molecule has 0 saturated heterocycles. The maximum Gasteiger partial charge on any atom is 0.326 e. The Morgan fingerprint density at radius 3 is 2.00 bits per heavy atom. The molecule has 3 aromatic carbocycles. The van der Waals surface area contributed by atoms with Gasteiger partial charge in [0.05, 0.1) is 6.61 Å². The molecule has 7 heteroatoms. The first-order valence-electron chi connectivity index (χ1n) is 11.5. The van der Waals surface area contributed by atoms with Crippen molar-refractivity contribution in [2.75, 3.05) is 13.7 Å². The van der Waals surface area contributed by atoms with Crippen molar-refractivity contribution in [2.24, 2.45) is 0 Å². The van der Waals surface area contributed by atoms with Gasteiger partial charge in [-0.2, -0.15) is 0 Å². The first-order valence-corrected chi connectivity index (χ1v) is 11.5. The van der Waals surface area contributed by atoms with Crippen LogP contribution < -0.4 is 10.1 Å². The summed E-state index contributed by atoms with van der Waals surface area (Å²) >= 11 is 0. The number of hydrogen-bond donors (Lipinski definition) is 2. The van der Waals surface area contributed by atoms with E-state index >= 15 is 0 Å². The van der Waals surface area contributed by atoms with Gasteiger partial charge in [-0.05, 0) is 42.3 Å². The molecule has 2 atom stereocenters. The van der Waals surface area contributed by atoms with Gasteiger partial charge in [-0.1, -0.05) is 60.7 Å². The van der Waals surface area contributed by atoms with Gasteiger partial charge in [-0.3, -0.25) is 9.59 Å². The van der Waals surface area contributed by atoms with Gasteiger partial charge in [-0.15, -0.1) is 0 Å². The molecule has 0 radical (unpaired) electrons. The number of aliphatic carboxylic acids is 1. The van der Waals surface area contributed by atoms with E-state index in [9.17, 15) is 19.5 Å². The van der Waals surface area contributed by atoms with Crippen LogP contribution in [0.2, 0.25) is 0 Å². The molecule has 0 saturated carbocycles. The van der Waals surface area contributed by atoms with Crippen LogP contribution in [-0.4, -0.2) is 53.5 Å². The lowest BCUT2D eigenvalue weighted by Gasteiger charge is -2.29. The Bertz CT molecular complexity index is 1120. The van der Waals surface area contributed by atoms with Gasteiger partial charge < -0.3 is 20.1 Å². The minimum absolute atomic E-state index is 0.154. The van der Waals surface area contributed by atoms with Crippen molar-refractivity contribution in [3.63, 3.8) is 0 Å². The number of rotatable bonds is 11.